The van der Waals surface area contributed by atoms with Crippen LogP contribution < -0.4 is 5.32 Å². The van der Waals surface area contributed by atoms with Crippen molar-refractivity contribution in [2.75, 3.05) is 18.4 Å². The number of piperidine rings is 1. The van der Waals surface area contributed by atoms with Crippen molar-refractivity contribution in [3.63, 3.8) is 0 Å². The third kappa shape index (κ3) is 3.55. The van der Waals surface area contributed by atoms with Gasteiger partial charge in [0.2, 0.25) is 5.91 Å². The number of anilines is 1. The molecule has 0 radical (unpaired) electrons. The Balaban J connectivity index is 1.49. The molecule has 1 aliphatic heterocycles. The third-order valence-electron chi connectivity index (χ3n) is 4.75. The van der Waals surface area contributed by atoms with Crippen LogP contribution in [0.3, 0.4) is 0 Å². The van der Waals surface area contributed by atoms with E-state index in [1.807, 2.05) is 25.1 Å². The number of amides is 1. The summed E-state index contributed by atoms with van der Waals surface area (Å²) in [6.45, 7) is 3.78. The van der Waals surface area contributed by atoms with Crippen LogP contribution in [0.4, 0.5) is 5.82 Å². The van der Waals surface area contributed by atoms with Gasteiger partial charge in [0.15, 0.2) is 0 Å². The zero-order valence-electron chi connectivity index (χ0n) is 12.8. The fourth-order valence-corrected chi connectivity index (χ4v) is 3.51. The minimum absolute atomic E-state index is 0.313. The van der Waals surface area contributed by atoms with Crippen LogP contribution in [0.15, 0.2) is 18.2 Å². The molecule has 2 heterocycles. The number of likely N-dealkylation sites (tertiary alicyclic amines) is 1. The largest absolute Gasteiger partial charge is 0.367 e. The number of hydrogen-bond donors (Lipinski definition) is 1. The Morgan fingerprint density at radius 2 is 1.90 bits per heavy atom. The standard InChI is InChI=1S/C17H25N3O/c1-13-5-4-8-16(18-13)19-15-9-11-20(12-10-15)17(21)14-6-2-3-7-14/h4-5,8,14-15H,2-3,6-7,9-12H2,1H3,(H,18,19). The van der Waals surface area contributed by atoms with Crippen LogP contribution in [0.25, 0.3) is 0 Å². The number of aromatic nitrogens is 1. The first-order valence-corrected chi connectivity index (χ1v) is 8.21. The summed E-state index contributed by atoms with van der Waals surface area (Å²) >= 11 is 0. The highest BCUT2D eigenvalue weighted by molar-refractivity contribution is 5.79. The third-order valence-corrected chi connectivity index (χ3v) is 4.75. The summed E-state index contributed by atoms with van der Waals surface area (Å²) in [4.78, 5) is 19.0. The number of aryl methyl sites for hydroxylation is 1. The van der Waals surface area contributed by atoms with E-state index in [4.69, 9.17) is 0 Å². The van der Waals surface area contributed by atoms with Crippen molar-refractivity contribution in [2.45, 2.75) is 51.5 Å². The lowest BCUT2D eigenvalue weighted by molar-refractivity contribution is -0.136. The van der Waals surface area contributed by atoms with E-state index in [2.05, 4.69) is 15.2 Å². The molecule has 1 saturated carbocycles. The molecule has 1 aromatic heterocycles. The van der Waals surface area contributed by atoms with Crippen molar-refractivity contribution in [3.05, 3.63) is 23.9 Å². The van der Waals surface area contributed by atoms with Gasteiger partial charge in [-0.15, -0.1) is 0 Å². The number of nitrogens with one attached hydrogen (secondary N) is 1. The zero-order chi connectivity index (χ0) is 14.7. The van der Waals surface area contributed by atoms with Crippen LogP contribution >= 0.6 is 0 Å². The van der Waals surface area contributed by atoms with Crippen LogP contribution in [0, 0.1) is 12.8 Å². The highest BCUT2D eigenvalue weighted by Crippen LogP contribution is 2.28. The second-order valence-corrected chi connectivity index (χ2v) is 6.39. The van der Waals surface area contributed by atoms with Gasteiger partial charge in [-0.25, -0.2) is 4.98 Å². The Kier molecular flexibility index (Phi) is 4.42. The van der Waals surface area contributed by atoms with E-state index in [0.717, 1.165) is 50.3 Å². The summed E-state index contributed by atoms with van der Waals surface area (Å²) in [5.41, 5.74) is 1.04. The number of carbonyl (C=O) groups is 1. The smallest absolute Gasteiger partial charge is 0.225 e. The maximum atomic E-state index is 12.4. The Bertz CT molecular complexity index is 489. The van der Waals surface area contributed by atoms with E-state index in [1.54, 1.807) is 0 Å². The molecule has 2 aliphatic rings. The molecule has 2 fully saturated rings. The average Bonchev–Trinajstić information content (AvgIpc) is 3.01. The zero-order valence-corrected chi connectivity index (χ0v) is 12.8. The van der Waals surface area contributed by atoms with E-state index in [0.29, 0.717) is 17.9 Å². The molecule has 1 aromatic rings. The van der Waals surface area contributed by atoms with Gasteiger partial charge in [-0.2, -0.15) is 0 Å². The fraction of sp³-hybridized carbons (Fsp3) is 0.647. The van der Waals surface area contributed by atoms with Gasteiger partial charge in [-0.1, -0.05) is 18.9 Å². The number of nitrogens with zero attached hydrogens (tertiary/aromatic N) is 2. The molecule has 1 N–H and O–H groups in total. The van der Waals surface area contributed by atoms with Crippen LogP contribution in [0.5, 0.6) is 0 Å². The number of hydrogen-bond acceptors (Lipinski definition) is 3. The van der Waals surface area contributed by atoms with Crippen LogP contribution in [-0.2, 0) is 4.79 Å². The summed E-state index contributed by atoms with van der Waals surface area (Å²) in [5.74, 6) is 1.67. The van der Waals surface area contributed by atoms with E-state index >= 15 is 0 Å². The van der Waals surface area contributed by atoms with Gasteiger partial charge >= 0.3 is 0 Å². The molecule has 21 heavy (non-hydrogen) atoms. The van der Waals surface area contributed by atoms with E-state index < -0.39 is 0 Å². The van der Waals surface area contributed by atoms with E-state index in [-0.39, 0.29) is 0 Å². The van der Waals surface area contributed by atoms with Gasteiger partial charge in [0.25, 0.3) is 0 Å². The van der Waals surface area contributed by atoms with Gasteiger partial charge in [0.05, 0.1) is 0 Å². The molecule has 4 nitrogen and oxygen atoms in total. The second kappa shape index (κ2) is 6.46. The normalized spacial score (nSPS) is 20.7. The average molecular weight is 287 g/mol. The Hall–Kier alpha value is -1.58. The van der Waals surface area contributed by atoms with Crippen molar-refractivity contribution >= 4 is 11.7 Å². The number of pyridine rings is 1. The van der Waals surface area contributed by atoms with Crippen molar-refractivity contribution < 1.29 is 4.79 Å². The Morgan fingerprint density at radius 1 is 1.19 bits per heavy atom. The molecule has 0 atom stereocenters. The predicted octanol–water partition coefficient (Wildman–Crippen LogP) is 2.98. The van der Waals surface area contributed by atoms with Gasteiger partial charge in [-0.05, 0) is 44.7 Å². The molecule has 0 bridgehead atoms. The number of carbonyl (C=O) groups excluding carboxylic acids is 1. The molecule has 0 aromatic carbocycles. The molecular weight excluding hydrogens is 262 g/mol. The monoisotopic (exact) mass is 287 g/mol. The van der Waals surface area contributed by atoms with Crippen LogP contribution in [0.2, 0.25) is 0 Å². The minimum Gasteiger partial charge on any atom is -0.367 e. The molecule has 1 amide bonds. The quantitative estimate of drug-likeness (QED) is 0.929. The van der Waals surface area contributed by atoms with Crippen LogP contribution in [-0.4, -0.2) is 34.9 Å². The van der Waals surface area contributed by atoms with Gasteiger partial charge in [0.1, 0.15) is 5.82 Å². The molecule has 0 spiro atoms. The molecule has 4 heteroatoms. The van der Waals surface area contributed by atoms with Gasteiger partial charge in [-0.3, -0.25) is 4.79 Å². The van der Waals surface area contributed by atoms with Crippen molar-refractivity contribution in [2.24, 2.45) is 5.92 Å². The first kappa shape index (κ1) is 14.4. The molecule has 0 unspecified atom stereocenters. The van der Waals surface area contributed by atoms with Gasteiger partial charge in [0, 0.05) is 30.7 Å². The lowest BCUT2D eigenvalue weighted by Gasteiger charge is -2.34. The fourth-order valence-electron chi connectivity index (χ4n) is 3.51. The van der Waals surface area contributed by atoms with Crippen molar-refractivity contribution in [3.8, 4) is 0 Å². The molecule has 114 valence electrons. The predicted molar refractivity (Wildman–Crippen MR) is 84.2 cm³/mol. The molecule has 3 rings (SSSR count). The highest BCUT2D eigenvalue weighted by Gasteiger charge is 2.29. The summed E-state index contributed by atoms with van der Waals surface area (Å²) in [5, 5.41) is 3.50. The van der Waals surface area contributed by atoms with E-state index in [9.17, 15) is 4.79 Å². The summed E-state index contributed by atoms with van der Waals surface area (Å²) < 4.78 is 0. The SMILES string of the molecule is Cc1cccc(NC2CCN(C(=O)C3CCCC3)CC2)n1. The first-order valence-electron chi connectivity index (χ1n) is 8.21. The summed E-state index contributed by atoms with van der Waals surface area (Å²) in [6, 6.07) is 6.49. The minimum atomic E-state index is 0.313. The molecule has 1 saturated heterocycles. The van der Waals surface area contributed by atoms with Crippen LogP contribution in [0.1, 0.15) is 44.2 Å². The summed E-state index contributed by atoms with van der Waals surface area (Å²) in [6.07, 6.45) is 6.71. The number of rotatable bonds is 3. The topological polar surface area (TPSA) is 45.2 Å². The van der Waals surface area contributed by atoms with Gasteiger partial charge < -0.3 is 10.2 Å². The molecule has 1 aliphatic carbocycles. The lowest BCUT2D eigenvalue weighted by Crippen LogP contribution is -2.44. The molecular formula is C17H25N3O. The Morgan fingerprint density at radius 3 is 2.57 bits per heavy atom. The summed E-state index contributed by atoms with van der Waals surface area (Å²) in [7, 11) is 0. The highest BCUT2D eigenvalue weighted by atomic mass is 16.2. The van der Waals surface area contributed by atoms with Crippen molar-refractivity contribution in [1.82, 2.24) is 9.88 Å². The maximum Gasteiger partial charge on any atom is 0.225 e. The lowest BCUT2D eigenvalue weighted by atomic mass is 10.0. The maximum absolute atomic E-state index is 12.4. The van der Waals surface area contributed by atoms with E-state index in [1.165, 1.54) is 12.8 Å². The first-order chi connectivity index (χ1) is 10.2. The Labute approximate surface area is 126 Å². The van der Waals surface area contributed by atoms with Crippen molar-refractivity contribution in [1.29, 1.82) is 0 Å². The second-order valence-electron chi connectivity index (χ2n) is 6.39.